The van der Waals surface area contributed by atoms with Crippen LogP contribution in [0, 0.1) is 26.6 Å². The molecule has 4 fully saturated rings. The summed E-state index contributed by atoms with van der Waals surface area (Å²) >= 11 is 0. The number of aliphatic hydroxyl groups is 8. The molecule has 10 heterocycles. The summed E-state index contributed by atoms with van der Waals surface area (Å²) in [5, 5.41) is 94.3. The van der Waals surface area contributed by atoms with Crippen molar-refractivity contribution < 1.29 is 68.9 Å². The molecule has 13 aromatic rings. The number of nitrogens with one attached hydrogen (secondary N) is 1. The van der Waals surface area contributed by atoms with E-state index in [1.54, 1.807) is 37.1 Å². The summed E-state index contributed by atoms with van der Waals surface area (Å²) in [6.07, 6.45) is 14.9. The van der Waals surface area contributed by atoms with Gasteiger partial charge in [-0.15, -0.1) is 0 Å². The number of aliphatic hydroxyl groups excluding tert-OH is 8. The lowest BCUT2D eigenvalue weighted by atomic mass is 9.87. The third-order valence-electron chi connectivity index (χ3n) is 24.7. The van der Waals surface area contributed by atoms with Gasteiger partial charge in [0.05, 0.1) is 29.6 Å². The molecule has 7 aliphatic rings. The monoisotopic (exact) mass is 1580 g/mol. The van der Waals surface area contributed by atoms with E-state index in [0.717, 1.165) is 140 Å². The van der Waals surface area contributed by atoms with Gasteiger partial charge in [-0.25, -0.2) is 24.3 Å². The highest BCUT2D eigenvalue weighted by Gasteiger charge is 2.49. The van der Waals surface area contributed by atoms with Gasteiger partial charge >= 0.3 is 0 Å². The van der Waals surface area contributed by atoms with Crippen LogP contribution in [-0.4, -0.2) is 170 Å². The van der Waals surface area contributed by atoms with Gasteiger partial charge < -0.3 is 105 Å². The molecule has 0 saturated heterocycles. The predicted molar refractivity (Wildman–Crippen MR) is 436 cm³/mol. The van der Waals surface area contributed by atoms with Gasteiger partial charge in [-0.1, -0.05) is 42.5 Å². The molecule has 18 atom stereocenters. The van der Waals surface area contributed by atoms with Crippen LogP contribution in [-0.2, 0) is 19.4 Å². The fourth-order valence-electron chi connectivity index (χ4n) is 18.5. The van der Waals surface area contributed by atoms with E-state index in [0.29, 0.717) is 49.6 Å². The maximum atomic E-state index is 14.4. The lowest BCUT2D eigenvalue weighted by Crippen LogP contribution is -2.34. The Hall–Kier alpha value is -10.7. The lowest BCUT2D eigenvalue weighted by molar-refractivity contribution is -0.0167. The molecule has 6 aliphatic carbocycles. The Bertz CT molecular complexity index is 5550. The van der Waals surface area contributed by atoms with Gasteiger partial charge in [0.15, 0.2) is 5.82 Å². The Morgan fingerprint density at radius 1 is 0.457 bits per heavy atom. The first-order chi connectivity index (χ1) is 56.3. The van der Waals surface area contributed by atoms with Crippen molar-refractivity contribution >= 4 is 60.6 Å². The van der Waals surface area contributed by atoms with Gasteiger partial charge in [0.25, 0.3) is 0 Å². The Morgan fingerprint density at radius 2 is 0.879 bits per heavy atom. The highest BCUT2D eigenvalue weighted by Crippen LogP contribution is 2.46. The molecule has 4 aromatic carbocycles. The smallest absolute Gasteiger partial charge is 0.152 e. The molecule has 1 aliphatic heterocycles. The van der Waals surface area contributed by atoms with Crippen LogP contribution < -0.4 is 46.2 Å². The number of hydrogen-bond donors (Lipinski definition) is 12. The highest BCUT2D eigenvalue weighted by molar-refractivity contribution is 5.90. The number of nitrogens with zero attached hydrogens (tertiary/aromatic N) is 9. The van der Waals surface area contributed by atoms with Crippen molar-refractivity contribution in [2.45, 2.75) is 201 Å². The van der Waals surface area contributed by atoms with Crippen LogP contribution in [0.2, 0.25) is 0 Å². The second-order valence-corrected chi connectivity index (χ2v) is 31.8. The number of fused-ring (bicyclic) bond motifs is 8. The van der Waals surface area contributed by atoms with E-state index < -0.39 is 85.1 Å². The van der Waals surface area contributed by atoms with E-state index in [9.17, 15) is 45.2 Å². The molecule has 26 nitrogen and oxygen atoms in total. The van der Waals surface area contributed by atoms with Crippen LogP contribution in [0.25, 0.3) is 54.9 Å². The zero-order valence-electron chi connectivity index (χ0n) is 64.7. The van der Waals surface area contributed by atoms with Crippen LogP contribution in [0.5, 0.6) is 28.7 Å². The molecule has 4 saturated carbocycles. The number of pyridine rings is 5. The molecular weight excluding hydrogens is 1480 g/mol. The van der Waals surface area contributed by atoms with Crippen LogP contribution in [0.3, 0.4) is 0 Å². The second-order valence-electron chi connectivity index (χ2n) is 31.8. The molecule has 0 bridgehead atoms. The van der Waals surface area contributed by atoms with Crippen LogP contribution in [0.4, 0.5) is 10.1 Å². The van der Waals surface area contributed by atoms with Crippen LogP contribution >= 0.6 is 0 Å². The second kappa shape index (κ2) is 32.8. The number of hydrogen-bond acceptors (Lipinski definition) is 22. The Labute approximate surface area is 668 Å². The number of aryl methyl sites for hydroxylation is 5. The molecule has 0 unspecified atom stereocenters. The minimum atomic E-state index is -1.15. The maximum Gasteiger partial charge on any atom is 0.152 e. The van der Waals surface area contributed by atoms with Crippen molar-refractivity contribution in [1.82, 2.24) is 48.5 Å². The first kappa shape index (κ1) is 77.9. The van der Waals surface area contributed by atoms with E-state index >= 15 is 0 Å². The average Bonchev–Trinajstić information content (AvgIpc) is 1.63. The number of halogens is 1. The minimum Gasteiger partial charge on any atom is -0.492 e. The summed E-state index contributed by atoms with van der Waals surface area (Å²) < 4.78 is 52.4. The third-order valence-corrected chi connectivity index (χ3v) is 24.7. The Morgan fingerprint density at radius 3 is 1.38 bits per heavy atom. The summed E-state index contributed by atoms with van der Waals surface area (Å²) in [5.74, 6) is 3.00. The summed E-state index contributed by atoms with van der Waals surface area (Å²) in [4.78, 5) is 21.8. The van der Waals surface area contributed by atoms with Gasteiger partial charge in [-0.05, 0) is 171 Å². The normalized spacial score (nSPS) is 27.4. The van der Waals surface area contributed by atoms with E-state index in [-0.39, 0.29) is 47.7 Å². The topological polar surface area (TPSA) is 382 Å². The zero-order valence-corrected chi connectivity index (χ0v) is 64.7. The maximum absolute atomic E-state index is 14.4. The molecule has 116 heavy (non-hydrogen) atoms. The van der Waals surface area contributed by atoms with Crippen molar-refractivity contribution in [2.75, 3.05) is 18.9 Å². The number of anilines is 1. The number of rotatable bonds is 12. The van der Waals surface area contributed by atoms with E-state index in [2.05, 4.69) is 42.4 Å². The zero-order chi connectivity index (χ0) is 80.3. The summed E-state index contributed by atoms with van der Waals surface area (Å²) in [6.45, 7) is 8.15. The molecule has 0 radical (unpaired) electrons. The summed E-state index contributed by atoms with van der Waals surface area (Å²) in [7, 11) is 0. The minimum absolute atomic E-state index is 0.0465. The van der Waals surface area contributed by atoms with E-state index in [4.69, 9.17) is 40.9 Å². The third kappa shape index (κ3) is 14.7. The number of nitrogens with two attached hydrogens (primary N) is 3. The highest BCUT2D eigenvalue weighted by atomic mass is 19.1. The first-order valence-corrected chi connectivity index (χ1v) is 40.1. The fraction of sp³-hybridized carbons (Fsp3) is 0.382. The number of aromatic nitrogens is 9. The van der Waals surface area contributed by atoms with Gasteiger partial charge in [-0.3, -0.25) is 4.98 Å². The van der Waals surface area contributed by atoms with Gasteiger partial charge in [0, 0.05) is 157 Å². The van der Waals surface area contributed by atoms with Crippen molar-refractivity contribution in [3.63, 3.8) is 0 Å². The average molecular weight is 1580 g/mol. The molecule has 20 rings (SSSR count). The van der Waals surface area contributed by atoms with Gasteiger partial charge in [0.2, 0.25) is 0 Å². The molecule has 604 valence electrons. The predicted octanol–water partition coefficient (Wildman–Crippen LogP) is 9.95. The fourth-order valence-corrected chi connectivity index (χ4v) is 18.5. The van der Waals surface area contributed by atoms with E-state index in [1.807, 2.05) is 150 Å². The van der Waals surface area contributed by atoms with Crippen LogP contribution in [0.1, 0.15) is 132 Å². The number of nitrogen functional groups attached to an aromatic ring is 1. The molecule has 27 heteroatoms. The van der Waals surface area contributed by atoms with E-state index in [1.165, 1.54) is 34.2 Å². The van der Waals surface area contributed by atoms with Crippen LogP contribution in [0.15, 0.2) is 183 Å². The van der Waals surface area contributed by atoms with Crippen molar-refractivity contribution in [3.8, 4) is 28.7 Å². The van der Waals surface area contributed by atoms with Gasteiger partial charge in [0.1, 0.15) is 131 Å². The van der Waals surface area contributed by atoms with Crippen molar-refractivity contribution in [3.05, 3.63) is 234 Å². The Balaban J connectivity index is 0.000000111. The molecule has 0 spiro atoms. The van der Waals surface area contributed by atoms with Crippen molar-refractivity contribution in [2.24, 2.45) is 11.5 Å². The van der Waals surface area contributed by atoms with Crippen molar-refractivity contribution in [1.29, 1.82) is 0 Å². The summed E-state index contributed by atoms with van der Waals surface area (Å²) in [6, 6.07) is 37.0. The number of benzene rings is 4. The quantitative estimate of drug-likeness (QED) is 0.0541. The molecule has 0 amide bonds. The Kier molecular flexibility index (Phi) is 22.0. The number of ether oxygens (including phenoxy) is 5. The lowest BCUT2D eigenvalue weighted by Gasteiger charge is -2.27. The summed E-state index contributed by atoms with van der Waals surface area (Å²) in [5.41, 5.74) is 30.6. The SMILES string of the molecule is Cc1ccnc2c1ccn2[C@@H]1C[C@H](Oc2cccc3c2CNCCO3)[C@@H](O)[C@H]1O.Cc1ccnc2c1ccn2[C@@H]1C[C@H](Oc2cccc3c2[C@@H](N)CCC3)[C@@H](O)[C@H]1O.Cc1ccnc2c1ccn2[C@@H]1C[C@H](Oc2cccc3c2[C@H](N)CCC3)[C@@H](O)[C@H]1O.Nc1ccnc2c1c(F)cn2[C@@H]1C[C@H](Oc2cccc3ccncc23)[C@@H](O)[C@H]1O. The van der Waals surface area contributed by atoms with Gasteiger partial charge in [-0.2, -0.15) is 0 Å². The molecule has 9 aromatic heterocycles. The first-order valence-electron chi connectivity index (χ1n) is 40.1. The largest absolute Gasteiger partial charge is 0.492 e. The molecule has 15 N–H and O–H groups in total. The molecular formula is C89H98FN13O13. The standard InChI is InChI=1S/2C23H27N3O3.C22H25N3O4.C21H19FN4O3/c2*1-13-8-10-25-23-15(13)9-11-26(23)17-12-19(22(28)21(17)27)29-18-7-3-5-14-4-2-6-16(24)20(14)18;1-13-5-7-24-22-14(13)6-9-25(22)16-11-19(21(27)20(16)26)29-18-4-2-3-17-15(18)12-23-8-10-28-17;22-13-10-26(21-18(13)14(23)5-7-25-21)15-8-17(20(28)19(15)27)29-16-3-1-2-11-4-6-24-9-12(11)16/h2*3,5,7-11,16-17,19,21-22,27-28H,2,4,6,12,24H2,1H3;2-7,9,16,19-21,23,26-27H,8,10-12H2,1H3;1-7,9-10,15,17,19-20,27-28H,8H2,(H2,23,25)/t16-,17+,19-,21-,22+;16-,17-,19+,21+,22-;16-,19+,20+,21-;15-,17+,19+,20-/m0111/s1.